The number of nitro groups is 1. The summed E-state index contributed by atoms with van der Waals surface area (Å²) in [6, 6.07) is 1.98. The van der Waals surface area contributed by atoms with Gasteiger partial charge in [0.15, 0.2) is 0 Å². The van der Waals surface area contributed by atoms with Crippen LogP contribution in [0.2, 0.25) is 0 Å². The van der Waals surface area contributed by atoms with Gasteiger partial charge < -0.3 is 10.6 Å². The zero-order chi connectivity index (χ0) is 19.8. The molecular weight excluding hydrogens is 363 g/mol. The second-order valence-corrected chi connectivity index (χ2v) is 6.41. The van der Waals surface area contributed by atoms with E-state index in [2.05, 4.69) is 20.6 Å². The summed E-state index contributed by atoms with van der Waals surface area (Å²) in [5.74, 6) is 1.08. The number of nitrogens with one attached hydrogen (secondary N) is 2. The Kier molecular flexibility index (Phi) is 5.01. The molecule has 27 heavy (non-hydrogen) atoms. The van der Waals surface area contributed by atoms with Gasteiger partial charge in [-0.05, 0) is 25.5 Å². The maximum absolute atomic E-state index is 13.1. The van der Waals surface area contributed by atoms with Crippen LogP contribution >= 0.6 is 0 Å². The van der Waals surface area contributed by atoms with Crippen LogP contribution in [0.1, 0.15) is 41.2 Å². The van der Waals surface area contributed by atoms with Crippen LogP contribution in [0.25, 0.3) is 0 Å². The quantitative estimate of drug-likeness (QED) is 0.622. The predicted molar refractivity (Wildman–Crippen MR) is 92.3 cm³/mol. The normalized spacial score (nSPS) is 15.1. The Morgan fingerprint density at radius 3 is 2.70 bits per heavy atom. The highest BCUT2D eigenvalue weighted by molar-refractivity contribution is 5.51. The molecule has 0 bridgehead atoms. The van der Waals surface area contributed by atoms with Crippen molar-refractivity contribution in [2.24, 2.45) is 0 Å². The van der Waals surface area contributed by atoms with E-state index in [9.17, 15) is 23.3 Å². The third kappa shape index (κ3) is 4.16. The van der Waals surface area contributed by atoms with Gasteiger partial charge in [-0.1, -0.05) is 0 Å². The third-order valence-electron chi connectivity index (χ3n) is 4.38. The average Bonchev–Trinajstić information content (AvgIpc) is 2.60. The van der Waals surface area contributed by atoms with E-state index in [4.69, 9.17) is 0 Å². The molecule has 10 heteroatoms. The number of hydrogen-bond donors (Lipinski definition) is 2. The Labute approximate surface area is 153 Å². The molecule has 0 radical (unpaired) electrons. The predicted octanol–water partition coefficient (Wildman–Crippen LogP) is 3.53. The highest BCUT2D eigenvalue weighted by Crippen LogP contribution is 2.35. The van der Waals surface area contributed by atoms with Gasteiger partial charge in [-0.3, -0.25) is 10.1 Å². The SMILES string of the molecule is Cc1nc2c(c(N[C@H](C)c3cc([N+](=O)[O-])cc(C(F)(F)F)c3)n1)CNCC2. The summed E-state index contributed by atoms with van der Waals surface area (Å²) in [7, 11) is 0. The molecular formula is C17H18F3N5O2. The van der Waals surface area contributed by atoms with Gasteiger partial charge in [0, 0.05) is 37.2 Å². The minimum absolute atomic E-state index is 0.158. The number of halogens is 3. The number of anilines is 1. The second-order valence-electron chi connectivity index (χ2n) is 6.41. The largest absolute Gasteiger partial charge is 0.416 e. The minimum atomic E-state index is -4.67. The number of benzene rings is 1. The molecule has 1 atom stereocenters. The molecule has 3 rings (SSSR count). The molecule has 2 heterocycles. The van der Waals surface area contributed by atoms with Gasteiger partial charge in [-0.25, -0.2) is 9.97 Å². The summed E-state index contributed by atoms with van der Waals surface area (Å²) >= 11 is 0. The summed E-state index contributed by atoms with van der Waals surface area (Å²) < 4.78 is 39.3. The van der Waals surface area contributed by atoms with Crippen LogP contribution in [0.15, 0.2) is 18.2 Å². The van der Waals surface area contributed by atoms with Crippen LogP contribution in [0.4, 0.5) is 24.7 Å². The first-order valence-corrected chi connectivity index (χ1v) is 8.35. The Bertz CT molecular complexity index is 886. The first kappa shape index (κ1) is 19.0. The molecule has 7 nitrogen and oxygen atoms in total. The summed E-state index contributed by atoms with van der Waals surface area (Å²) in [4.78, 5) is 19.0. The van der Waals surface area contributed by atoms with E-state index in [1.54, 1.807) is 13.8 Å². The number of fused-ring (bicyclic) bond motifs is 1. The number of nitro benzene ring substituents is 1. The minimum Gasteiger partial charge on any atom is -0.363 e. The molecule has 2 aromatic rings. The molecule has 0 aliphatic carbocycles. The molecule has 0 unspecified atom stereocenters. The van der Waals surface area contributed by atoms with Crippen molar-refractivity contribution in [1.82, 2.24) is 15.3 Å². The van der Waals surface area contributed by atoms with Gasteiger partial charge in [0.1, 0.15) is 11.6 Å². The molecule has 2 N–H and O–H groups in total. The summed E-state index contributed by atoms with van der Waals surface area (Å²) in [5.41, 5.74) is 0.260. The van der Waals surface area contributed by atoms with Gasteiger partial charge >= 0.3 is 6.18 Å². The number of non-ortho nitro benzene ring substituents is 1. The Morgan fingerprint density at radius 2 is 2.04 bits per heavy atom. The van der Waals surface area contributed by atoms with Crippen molar-refractivity contribution >= 4 is 11.5 Å². The van der Waals surface area contributed by atoms with Gasteiger partial charge in [0.05, 0.1) is 22.2 Å². The lowest BCUT2D eigenvalue weighted by Crippen LogP contribution is -2.27. The highest BCUT2D eigenvalue weighted by Gasteiger charge is 2.33. The zero-order valence-corrected chi connectivity index (χ0v) is 14.7. The Morgan fingerprint density at radius 1 is 1.30 bits per heavy atom. The number of alkyl halides is 3. The lowest BCUT2D eigenvalue weighted by molar-refractivity contribution is -0.385. The van der Waals surface area contributed by atoms with Gasteiger partial charge in [0.25, 0.3) is 5.69 Å². The van der Waals surface area contributed by atoms with E-state index in [1.165, 1.54) is 0 Å². The maximum atomic E-state index is 13.1. The fourth-order valence-electron chi connectivity index (χ4n) is 3.03. The van der Waals surface area contributed by atoms with Crippen molar-refractivity contribution in [3.8, 4) is 0 Å². The maximum Gasteiger partial charge on any atom is 0.416 e. The van der Waals surface area contributed by atoms with Crippen LogP contribution in [0, 0.1) is 17.0 Å². The van der Waals surface area contributed by atoms with Crippen molar-refractivity contribution in [2.45, 2.75) is 39.0 Å². The van der Waals surface area contributed by atoms with Crippen molar-refractivity contribution in [3.63, 3.8) is 0 Å². The lowest BCUT2D eigenvalue weighted by Gasteiger charge is -2.23. The van der Waals surface area contributed by atoms with Gasteiger partial charge in [-0.2, -0.15) is 13.2 Å². The van der Waals surface area contributed by atoms with Crippen LogP contribution < -0.4 is 10.6 Å². The Hall–Kier alpha value is -2.75. The second kappa shape index (κ2) is 7.10. The summed E-state index contributed by atoms with van der Waals surface area (Å²) in [6.07, 6.45) is -3.94. The van der Waals surface area contributed by atoms with Crippen molar-refractivity contribution in [3.05, 3.63) is 56.5 Å². The number of aryl methyl sites for hydroxylation is 1. The van der Waals surface area contributed by atoms with Crippen molar-refractivity contribution in [1.29, 1.82) is 0 Å². The van der Waals surface area contributed by atoms with E-state index in [-0.39, 0.29) is 5.56 Å². The molecule has 0 amide bonds. The standard InChI is InChI=1S/C17H18F3N5O2/c1-9(11-5-12(17(18,19)20)7-13(6-11)25(26)27)22-16-14-8-21-4-3-15(14)23-10(2)24-16/h5-7,9,21H,3-4,8H2,1-2H3,(H,22,23,24)/t9-/m1/s1. The molecule has 0 fully saturated rings. The zero-order valence-electron chi connectivity index (χ0n) is 14.7. The number of hydrogen-bond acceptors (Lipinski definition) is 6. The molecule has 1 aromatic carbocycles. The van der Waals surface area contributed by atoms with Gasteiger partial charge in [-0.15, -0.1) is 0 Å². The van der Waals surface area contributed by atoms with Crippen LogP contribution in [-0.4, -0.2) is 21.4 Å². The molecule has 144 valence electrons. The lowest BCUT2D eigenvalue weighted by atomic mass is 10.0. The molecule has 1 aromatic heterocycles. The smallest absolute Gasteiger partial charge is 0.363 e. The summed E-state index contributed by atoms with van der Waals surface area (Å²) in [5, 5.41) is 17.3. The highest BCUT2D eigenvalue weighted by atomic mass is 19.4. The van der Waals surface area contributed by atoms with Crippen LogP contribution in [-0.2, 0) is 19.1 Å². The molecule has 0 saturated heterocycles. The van der Waals surface area contributed by atoms with E-state index < -0.39 is 28.4 Å². The van der Waals surface area contributed by atoms with E-state index in [0.717, 1.165) is 36.4 Å². The summed E-state index contributed by atoms with van der Waals surface area (Å²) in [6.45, 7) is 4.72. The molecule has 0 spiro atoms. The van der Waals surface area contributed by atoms with Gasteiger partial charge in [0.2, 0.25) is 0 Å². The van der Waals surface area contributed by atoms with Crippen molar-refractivity contribution < 1.29 is 18.1 Å². The number of aromatic nitrogens is 2. The fourth-order valence-corrected chi connectivity index (χ4v) is 3.03. The van der Waals surface area contributed by atoms with E-state index >= 15 is 0 Å². The van der Waals surface area contributed by atoms with E-state index in [0.29, 0.717) is 24.3 Å². The van der Waals surface area contributed by atoms with Crippen LogP contribution in [0.5, 0.6) is 0 Å². The third-order valence-corrected chi connectivity index (χ3v) is 4.38. The number of nitrogens with zero attached hydrogens (tertiary/aromatic N) is 3. The Balaban J connectivity index is 1.97. The molecule has 1 aliphatic heterocycles. The van der Waals surface area contributed by atoms with Crippen molar-refractivity contribution in [2.75, 3.05) is 11.9 Å². The van der Waals surface area contributed by atoms with Crippen LogP contribution in [0.3, 0.4) is 0 Å². The molecule has 0 saturated carbocycles. The first-order valence-electron chi connectivity index (χ1n) is 8.35. The van der Waals surface area contributed by atoms with E-state index in [1.807, 2.05) is 0 Å². The first-order chi connectivity index (χ1) is 12.6. The monoisotopic (exact) mass is 381 g/mol. The fraction of sp³-hybridized carbons (Fsp3) is 0.412. The average molecular weight is 381 g/mol. The topological polar surface area (TPSA) is 93.0 Å². The molecule has 1 aliphatic rings. The number of rotatable bonds is 4.